The van der Waals surface area contributed by atoms with Crippen LogP contribution in [-0.4, -0.2) is 47.6 Å². The Hall–Kier alpha value is -2.34. The van der Waals surface area contributed by atoms with Gasteiger partial charge >= 0.3 is 0 Å². The minimum absolute atomic E-state index is 0.0536. The van der Waals surface area contributed by atoms with Crippen molar-refractivity contribution >= 4 is 5.91 Å². The third kappa shape index (κ3) is 3.22. The molecular weight excluding hydrogens is 297 g/mol. The summed E-state index contributed by atoms with van der Waals surface area (Å²) in [5, 5.41) is 0. The number of ether oxygens (including phenoxy) is 1. The molecule has 23 heavy (non-hydrogen) atoms. The molecule has 2 atom stereocenters. The molecule has 6 heteroatoms. The fourth-order valence-corrected chi connectivity index (χ4v) is 3.07. The molecule has 120 valence electrons. The molecule has 1 aliphatic rings. The molecule has 1 saturated heterocycles. The van der Waals surface area contributed by atoms with E-state index in [0.29, 0.717) is 19.7 Å². The lowest BCUT2D eigenvalue weighted by Crippen LogP contribution is -2.30. The molecule has 0 unspecified atom stereocenters. The Morgan fingerprint density at radius 3 is 2.91 bits per heavy atom. The first kappa shape index (κ1) is 15.6. The van der Waals surface area contributed by atoms with Crippen LogP contribution in [0, 0.1) is 11.7 Å². The first-order valence-corrected chi connectivity index (χ1v) is 7.49. The van der Waals surface area contributed by atoms with Crippen LogP contribution in [0.3, 0.4) is 0 Å². The fourth-order valence-electron chi connectivity index (χ4n) is 3.07. The number of nitrogens with zero attached hydrogens (tertiary/aromatic N) is 3. The minimum Gasteiger partial charge on any atom is -0.384 e. The quantitative estimate of drug-likeness (QED) is 0.867. The van der Waals surface area contributed by atoms with Crippen molar-refractivity contribution in [1.82, 2.24) is 14.9 Å². The van der Waals surface area contributed by atoms with Gasteiger partial charge in [0.05, 0.1) is 18.4 Å². The van der Waals surface area contributed by atoms with E-state index in [-0.39, 0.29) is 23.3 Å². The van der Waals surface area contributed by atoms with Crippen molar-refractivity contribution in [1.29, 1.82) is 0 Å². The number of hydrogen-bond acceptors (Lipinski definition) is 4. The number of aromatic nitrogens is 2. The van der Waals surface area contributed by atoms with Crippen LogP contribution in [-0.2, 0) is 4.74 Å². The molecular formula is C17H18FN3O2. The van der Waals surface area contributed by atoms with E-state index in [0.717, 1.165) is 11.9 Å². The predicted octanol–water partition coefficient (Wildman–Crippen LogP) is 2.12. The van der Waals surface area contributed by atoms with Gasteiger partial charge in [-0.05, 0) is 18.2 Å². The second-order valence-electron chi connectivity index (χ2n) is 5.64. The van der Waals surface area contributed by atoms with Crippen LogP contribution in [0.5, 0.6) is 0 Å². The van der Waals surface area contributed by atoms with Crippen LogP contribution < -0.4 is 0 Å². The normalized spacial score (nSPS) is 20.7. The first-order chi connectivity index (χ1) is 11.2. The van der Waals surface area contributed by atoms with E-state index in [1.165, 1.54) is 12.3 Å². The largest absolute Gasteiger partial charge is 0.384 e. The maximum atomic E-state index is 13.8. The maximum absolute atomic E-state index is 13.8. The van der Waals surface area contributed by atoms with E-state index in [1.807, 2.05) is 18.2 Å². The Balaban J connectivity index is 1.83. The monoisotopic (exact) mass is 315 g/mol. The van der Waals surface area contributed by atoms with Gasteiger partial charge in [-0.15, -0.1) is 0 Å². The number of rotatable bonds is 4. The standard InChI is InChI=1S/C17H18FN3O2/c1-23-11-12-9-21(10-14(12)16-4-2-3-6-20-16)17(22)13-5-7-19-8-15(13)18/h2-8,12,14H,9-11H2,1H3/t12-,14+/m0/s1. The van der Waals surface area contributed by atoms with Crippen molar-refractivity contribution in [2.75, 3.05) is 26.8 Å². The zero-order valence-corrected chi connectivity index (χ0v) is 12.9. The molecule has 2 aromatic rings. The summed E-state index contributed by atoms with van der Waals surface area (Å²) in [5.41, 5.74) is 0.984. The summed E-state index contributed by atoms with van der Waals surface area (Å²) in [4.78, 5) is 22.3. The summed E-state index contributed by atoms with van der Waals surface area (Å²) < 4.78 is 19.1. The van der Waals surface area contributed by atoms with Gasteiger partial charge in [0, 0.05) is 50.1 Å². The van der Waals surface area contributed by atoms with Crippen molar-refractivity contribution in [3.63, 3.8) is 0 Å². The number of amides is 1. The summed E-state index contributed by atoms with van der Waals surface area (Å²) >= 11 is 0. The van der Waals surface area contributed by atoms with Crippen molar-refractivity contribution in [3.05, 3.63) is 59.9 Å². The van der Waals surface area contributed by atoms with Gasteiger partial charge < -0.3 is 9.64 Å². The third-order valence-corrected chi connectivity index (χ3v) is 4.18. The van der Waals surface area contributed by atoms with E-state index >= 15 is 0 Å². The second kappa shape index (κ2) is 6.83. The van der Waals surface area contributed by atoms with Crippen LogP contribution in [0.4, 0.5) is 4.39 Å². The van der Waals surface area contributed by atoms with Gasteiger partial charge in [-0.2, -0.15) is 0 Å². The van der Waals surface area contributed by atoms with Crippen molar-refractivity contribution < 1.29 is 13.9 Å². The van der Waals surface area contributed by atoms with E-state index in [9.17, 15) is 9.18 Å². The number of likely N-dealkylation sites (tertiary alicyclic amines) is 1. The lowest BCUT2D eigenvalue weighted by atomic mass is 9.93. The molecule has 0 aromatic carbocycles. The first-order valence-electron chi connectivity index (χ1n) is 7.49. The van der Waals surface area contributed by atoms with E-state index in [4.69, 9.17) is 4.74 Å². The Morgan fingerprint density at radius 1 is 1.35 bits per heavy atom. The topological polar surface area (TPSA) is 55.3 Å². The lowest BCUT2D eigenvalue weighted by Gasteiger charge is -2.16. The molecule has 2 aromatic heterocycles. The zero-order valence-electron chi connectivity index (χ0n) is 12.9. The molecule has 0 N–H and O–H groups in total. The van der Waals surface area contributed by atoms with Crippen molar-refractivity contribution in [2.45, 2.75) is 5.92 Å². The molecule has 0 radical (unpaired) electrons. The summed E-state index contributed by atoms with van der Waals surface area (Å²) in [6.45, 7) is 1.56. The van der Waals surface area contributed by atoms with Gasteiger partial charge in [-0.25, -0.2) is 4.39 Å². The molecule has 0 bridgehead atoms. The van der Waals surface area contributed by atoms with Crippen LogP contribution in [0.1, 0.15) is 22.0 Å². The third-order valence-electron chi connectivity index (χ3n) is 4.18. The van der Waals surface area contributed by atoms with Gasteiger partial charge in [0.25, 0.3) is 5.91 Å². The van der Waals surface area contributed by atoms with E-state index < -0.39 is 5.82 Å². The summed E-state index contributed by atoms with van der Waals surface area (Å²) in [5.74, 6) is -0.680. The molecule has 3 heterocycles. The highest BCUT2D eigenvalue weighted by Gasteiger charge is 2.37. The number of hydrogen-bond donors (Lipinski definition) is 0. The molecule has 0 saturated carbocycles. The Labute approximate surface area is 134 Å². The summed E-state index contributed by atoms with van der Waals surface area (Å²) in [7, 11) is 1.64. The van der Waals surface area contributed by atoms with Crippen molar-refractivity contribution in [2.24, 2.45) is 5.92 Å². The SMILES string of the molecule is COC[C@@H]1CN(C(=O)c2ccncc2F)C[C@H]1c1ccccn1. The second-order valence-corrected chi connectivity index (χ2v) is 5.64. The maximum Gasteiger partial charge on any atom is 0.256 e. The molecule has 1 amide bonds. The van der Waals surface area contributed by atoms with E-state index in [1.54, 1.807) is 18.2 Å². The zero-order chi connectivity index (χ0) is 16.2. The highest BCUT2D eigenvalue weighted by molar-refractivity contribution is 5.94. The summed E-state index contributed by atoms with van der Waals surface area (Å²) in [6, 6.07) is 7.16. The van der Waals surface area contributed by atoms with Crippen LogP contribution in [0.15, 0.2) is 42.9 Å². The molecule has 0 aliphatic carbocycles. The molecule has 1 fully saturated rings. The number of pyridine rings is 2. The fraction of sp³-hybridized carbons (Fsp3) is 0.353. The molecule has 1 aliphatic heterocycles. The number of halogens is 1. The average molecular weight is 315 g/mol. The molecule has 3 rings (SSSR count). The van der Waals surface area contributed by atoms with Gasteiger partial charge in [0.1, 0.15) is 0 Å². The highest BCUT2D eigenvalue weighted by Crippen LogP contribution is 2.32. The Morgan fingerprint density at radius 2 is 2.22 bits per heavy atom. The van der Waals surface area contributed by atoms with Gasteiger partial charge in [-0.3, -0.25) is 14.8 Å². The number of carbonyl (C=O) groups is 1. The van der Waals surface area contributed by atoms with Gasteiger partial charge in [0.15, 0.2) is 5.82 Å². The van der Waals surface area contributed by atoms with E-state index in [2.05, 4.69) is 9.97 Å². The van der Waals surface area contributed by atoms with Crippen LogP contribution >= 0.6 is 0 Å². The van der Waals surface area contributed by atoms with Crippen LogP contribution in [0.25, 0.3) is 0 Å². The smallest absolute Gasteiger partial charge is 0.256 e. The predicted molar refractivity (Wildman–Crippen MR) is 82.4 cm³/mol. The van der Waals surface area contributed by atoms with Crippen LogP contribution in [0.2, 0.25) is 0 Å². The van der Waals surface area contributed by atoms with Crippen molar-refractivity contribution in [3.8, 4) is 0 Å². The Bertz CT molecular complexity index is 681. The number of methoxy groups -OCH3 is 1. The van der Waals surface area contributed by atoms with Gasteiger partial charge in [0.2, 0.25) is 0 Å². The van der Waals surface area contributed by atoms with Gasteiger partial charge in [-0.1, -0.05) is 6.07 Å². The average Bonchev–Trinajstić information content (AvgIpc) is 3.00. The molecule has 5 nitrogen and oxygen atoms in total. The minimum atomic E-state index is -0.595. The Kier molecular flexibility index (Phi) is 4.62. The highest BCUT2D eigenvalue weighted by atomic mass is 19.1. The number of carbonyl (C=O) groups excluding carboxylic acids is 1. The summed E-state index contributed by atoms with van der Waals surface area (Å²) in [6.07, 6.45) is 4.23. The lowest BCUT2D eigenvalue weighted by molar-refractivity contribution is 0.0770. The molecule has 0 spiro atoms.